The molecule has 2 aliphatic rings. The van der Waals surface area contributed by atoms with Gasteiger partial charge in [-0.25, -0.2) is 4.99 Å². The lowest BCUT2D eigenvalue weighted by molar-refractivity contribution is 1.32. The molecule has 0 saturated carbocycles. The summed E-state index contributed by atoms with van der Waals surface area (Å²) in [4.78, 5) is 4.66. The zero-order valence-electron chi connectivity index (χ0n) is 8.67. The van der Waals surface area contributed by atoms with Crippen molar-refractivity contribution in [2.24, 2.45) is 4.99 Å². The van der Waals surface area contributed by atoms with Crippen molar-refractivity contribution in [3.63, 3.8) is 0 Å². The minimum absolute atomic E-state index is 0.240. The van der Waals surface area contributed by atoms with Crippen LogP contribution < -0.4 is 0 Å². The summed E-state index contributed by atoms with van der Waals surface area (Å²) in [6, 6.07) is 8.25. The monoisotopic (exact) mass is 337 g/mol. The first-order valence-corrected chi connectivity index (χ1v) is 6.64. The highest BCUT2D eigenvalue weighted by atomic mass is 79.9. The molecule has 1 heterocycles. The molecule has 1 aliphatic carbocycles. The van der Waals surface area contributed by atoms with E-state index in [0.29, 0.717) is 0 Å². The van der Waals surface area contributed by atoms with Crippen LogP contribution in [-0.4, -0.2) is 8.95 Å². The number of alkyl halides is 2. The highest BCUT2D eigenvalue weighted by molar-refractivity contribution is 9.25. The quantitative estimate of drug-likeness (QED) is 0.613. The van der Waals surface area contributed by atoms with Crippen molar-refractivity contribution < 1.29 is 0 Å². The number of aliphatic imine (C=N–C) groups is 1. The fourth-order valence-electron chi connectivity index (χ4n) is 2.14. The third-order valence-electron chi connectivity index (χ3n) is 2.80. The van der Waals surface area contributed by atoms with Crippen LogP contribution in [0.5, 0.6) is 0 Å². The molecule has 0 atom stereocenters. The van der Waals surface area contributed by atoms with E-state index >= 15 is 0 Å². The molecule has 0 N–H and O–H groups in total. The van der Waals surface area contributed by atoms with Crippen LogP contribution in [0.3, 0.4) is 0 Å². The molecule has 0 bridgehead atoms. The Kier molecular flexibility index (Phi) is 2.23. The number of nitrogens with zero attached hydrogens (tertiary/aromatic N) is 1. The minimum atomic E-state index is -0.240. The molecule has 0 spiro atoms. The summed E-state index contributed by atoms with van der Waals surface area (Å²) in [5.41, 5.74) is 5.78. The van der Waals surface area contributed by atoms with E-state index in [1.165, 1.54) is 16.7 Å². The number of fused-ring (bicyclic) bond motifs is 3. The Morgan fingerprint density at radius 2 is 1.88 bits per heavy atom. The highest BCUT2D eigenvalue weighted by Gasteiger charge is 2.30. The second kappa shape index (κ2) is 3.41. The zero-order chi connectivity index (χ0) is 11.3. The second-order valence-corrected chi connectivity index (χ2v) is 7.73. The lowest BCUT2D eigenvalue weighted by Crippen LogP contribution is -2.15. The maximum atomic E-state index is 4.66. The molecule has 0 radical (unpaired) electrons. The molecular weight excluding hydrogens is 330 g/mol. The van der Waals surface area contributed by atoms with E-state index in [2.05, 4.69) is 74.1 Å². The van der Waals surface area contributed by atoms with Gasteiger partial charge in [-0.3, -0.25) is 0 Å². The van der Waals surface area contributed by atoms with E-state index in [0.717, 1.165) is 11.4 Å². The van der Waals surface area contributed by atoms with Gasteiger partial charge in [0.2, 0.25) is 0 Å². The number of rotatable bonds is 0. The van der Waals surface area contributed by atoms with Gasteiger partial charge in [-0.2, -0.15) is 0 Å². The van der Waals surface area contributed by atoms with Crippen molar-refractivity contribution in [3.8, 4) is 0 Å². The molecule has 3 heteroatoms. The summed E-state index contributed by atoms with van der Waals surface area (Å²) in [6.45, 7) is 2.09. The fraction of sp³-hybridized carbons (Fsp3) is 0.154. The van der Waals surface area contributed by atoms with Gasteiger partial charge in [0.05, 0.1) is 11.4 Å². The standard InChI is InChI=1S/C13H9Br2N/c1-8-6-13(14,15)7-10-9-4-2-3-5-11(9)16-12(8)10/h2-7H,1H3. The largest absolute Gasteiger partial charge is 0.247 e. The molecule has 0 amide bonds. The van der Waals surface area contributed by atoms with Crippen molar-refractivity contribution in [2.75, 3.05) is 0 Å². The van der Waals surface area contributed by atoms with E-state index in [1.807, 2.05) is 6.07 Å². The Morgan fingerprint density at radius 3 is 2.69 bits per heavy atom. The van der Waals surface area contributed by atoms with Crippen LogP contribution in [0.2, 0.25) is 0 Å². The topological polar surface area (TPSA) is 12.4 Å². The smallest absolute Gasteiger partial charge is 0.118 e. The molecule has 0 fully saturated rings. The molecule has 1 aromatic carbocycles. The molecular formula is C13H9Br2N. The van der Waals surface area contributed by atoms with Gasteiger partial charge in [0.1, 0.15) is 3.23 Å². The summed E-state index contributed by atoms with van der Waals surface area (Å²) < 4.78 is -0.240. The summed E-state index contributed by atoms with van der Waals surface area (Å²) in [5, 5.41) is 0. The van der Waals surface area contributed by atoms with Gasteiger partial charge < -0.3 is 0 Å². The highest BCUT2D eigenvalue weighted by Crippen LogP contribution is 2.45. The summed E-state index contributed by atoms with van der Waals surface area (Å²) in [7, 11) is 0. The van der Waals surface area contributed by atoms with Crippen molar-refractivity contribution in [2.45, 2.75) is 10.2 Å². The van der Waals surface area contributed by atoms with Crippen molar-refractivity contribution in [1.29, 1.82) is 0 Å². The Hall–Kier alpha value is -0.670. The summed E-state index contributed by atoms with van der Waals surface area (Å²) in [5.74, 6) is 0. The van der Waals surface area contributed by atoms with E-state index < -0.39 is 0 Å². The van der Waals surface area contributed by atoms with Gasteiger partial charge >= 0.3 is 0 Å². The van der Waals surface area contributed by atoms with Crippen LogP contribution in [-0.2, 0) is 0 Å². The minimum Gasteiger partial charge on any atom is -0.247 e. The molecule has 0 unspecified atom stereocenters. The maximum Gasteiger partial charge on any atom is 0.118 e. The first kappa shape index (κ1) is 10.5. The Balaban J connectivity index is 2.25. The molecule has 1 aromatic rings. The number of hydrogen-bond acceptors (Lipinski definition) is 1. The first-order valence-electron chi connectivity index (χ1n) is 5.06. The third-order valence-corrected chi connectivity index (χ3v) is 3.72. The van der Waals surface area contributed by atoms with Crippen LogP contribution in [0.4, 0.5) is 5.69 Å². The normalized spacial score (nSPS) is 20.6. The number of para-hydroxylation sites is 1. The number of benzene rings is 1. The lowest BCUT2D eigenvalue weighted by Gasteiger charge is -2.20. The molecule has 80 valence electrons. The Morgan fingerprint density at radius 1 is 1.12 bits per heavy atom. The molecule has 1 aliphatic heterocycles. The average Bonchev–Trinajstić information content (AvgIpc) is 2.56. The van der Waals surface area contributed by atoms with E-state index in [9.17, 15) is 0 Å². The maximum absolute atomic E-state index is 4.66. The van der Waals surface area contributed by atoms with Gasteiger partial charge in [0.25, 0.3) is 0 Å². The van der Waals surface area contributed by atoms with Gasteiger partial charge in [-0.1, -0.05) is 50.1 Å². The van der Waals surface area contributed by atoms with E-state index in [1.54, 1.807) is 0 Å². The van der Waals surface area contributed by atoms with Crippen LogP contribution in [0.25, 0.3) is 5.57 Å². The fourth-order valence-corrected chi connectivity index (χ4v) is 3.29. The van der Waals surface area contributed by atoms with Gasteiger partial charge in [0.15, 0.2) is 0 Å². The number of allylic oxidation sites excluding steroid dienone is 4. The lowest BCUT2D eigenvalue weighted by atomic mass is 9.93. The predicted molar refractivity (Wildman–Crippen MR) is 75.9 cm³/mol. The van der Waals surface area contributed by atoms with Crippen molar-refractivity contribution in [1.82, 2.24) is 0 Å². The van der Waals surface area contributed by atoms with Crippen LogP contribution >= 0.6 is 31.9 Å². The van der Waals surface area contributed by atoms with Crippen LogP contribution in [0.1, 0.15) is 12.5 Å². The number of halogens is 2. The second-order valence-electron chi connectivity index (χ2n) is 4.04. The third kappa shape index (κ3) is 1.54. The Labute approximate surface area is 111 Å². The Bertz CT molecular complexity index is 565. The van der Waals surface area contributed by atoms with E-state index in [4.69, 9.17) is 0 Å². The van der Waals surface area contributed by atoms with Crippen molar-refractivity contribution in [3.05, 3.63) is 47.6 Å². The molecule has 0 saturated heterocycles. The first-order chi connectivity index (χ1) is 7.57. The molecule has 1 nitrogen and oxygen atoms in total. The molecule has 3 rings (SSSR count). The zero-order valence-corrected chi connectivity index (χ0v) is 11.8. The summed E-state index contributed by atoms with van der Waals surface area (Å²) in [6.07, 6.45) is 4.28. The summed E-state index contributed by atoms with van der Waals surface area (Å²) >= 11 is 7.26. The van der Waals surface area contributed by atoms with E-state index in [-0.39, 0.29) is 3.23 Å². The molecule has 16 heavy (non-hydrogen) atoms. The van der Waals surface area contributed by atoms with Gasteiger partial charge in [0, 0.05) is 11.1 Å². The number of hydrogen-bond donors (Lipinski definition) is 0. The van der Waals surface area contributed by atoms with Crippen molar-refractivity contribution >= 4 is 48.8 Å². The SMILES string of the molecule is CC1=CC(Br)(Br)C=C2C1=Nc1ccccc12. The van der Waals surface area contributed by atoms with Crippen LogP contribution in [0, 0.1) is 0 Å². The van der Waals surface area contributed by atoms with Gasteiger partial charge in [-0.05, 0) is 30.7 Å². The average molecular weight is 339 g/mol. The molecule has 0 aromatic heterocycles. The van der Waals surface area contributed by atoms with Gasteiger partial charge in [-0.15, -0.1) is 0 Å². The predicted octanol–water partition coefficient (Wildman–Crippen LogP) is 4.60. The van der Waals surface area contributed by atoms with Crippen LogP contribution in [0.15, 0.2) is 47.0 Å².